The molecule has 1 aliphatic rings. The average Bonchev–Trinajstić information content (AvgIpc) is 2.35. The molecule has 0 aromatic rings. The van der Waals surface area contributed by atoms with Crippen LogP contribution in [0, 0.1) is 0 Å². The maximum atomic E-state index is 5.30. The topological polar surface area (TPSA) is 21.7 Å². The third kappa shape index (κ3) is 2.52. The van der Waals surface area contributed by atoms with Crippen molar-refractivity contribution in [2.45, 2.75) is 13.2 Å². The second-order valence-corrected chi connectivity index (χ2v) is 2.91. The maximum Gasteiger partial charge on any atom is 0.181 e. The van der Waals surface area contributed by atoms with Crippen molar-refractivity contribution < 1.29 is 9.47 Å². The normalized spacial score (nSPS) is 20.8. The lowest BCUT2D eigenvalue weighted by atomic mass is 10.3. The lowest BCUT2D eigenvalue weighted by Crippen LogP contribution is -2.12. The second kappa shape index (κ2) is 3.74. The fourth-order valence-electron chi connectivity index (χ4n) is 1.09. The molecule has 64 valence electrons. The van der Waals surface area contributed by atoms with Crippen molar-refractivity contribution >= 4 is 0 Å². The van der Waals surface area contributed by atoms with Gasteiger partial charge >= 0.3 is 0 Å². The first-order valence-corrected chi connectivity index (χ1v) is 3.78. The van der Waals surface area contributed by atoms with Gasteiger partial charge in [-0.2, -0.15) is 0 Å². The fourth-order valence-corrected chi connectivity index (χ4v) is 1.09. The van der Waals surface area contributed by atoms with Gasteiger partial charge in [0, 0.05) is 20.3 Å². The lowest BCUT2D eigenvalue weighted by Gasteiger charge is -2.12. The van der Waals surface area contributed by atoms with Crippen molar-refractivity contribution in [1.29, 1.82) is 0 Å². The zero-order chi connectivity index (χ0) is 8.27. The van der Waals surface area contributed by atoms with Crippen LogP contribution in [0.25, 0.3) is 0 Å². The van der Waals surface area contributed by atoms with Crippen molar-refractivity contribution in [2.24, 2.45) is 0 Å². The molecule has 1 aliphatic heterocycles. The fraction of sp³-hybridized carbons (Fsp3) is 0.750. The Hall–Kier alpha value is -0.540. The molecule has 0 amide bonds. The van der Waals surface area contributed by atoms with Gasteiger partial charge < -0.3 is 14.4 Å². The van der Waals surface area contributed by atoms with Gasteiger partial charge in [-0.1, -0.05) is 0 Å². The minimum Gasteiger partial charge on any atom is -0.383 e. The van der Waals surface area contributed by atoms with Gasteiger partial charge in [0.2, 0.25) is 0 Å². The molecule has 0 spiro atoms. The van der Waals surface area contributed by atoms with E-state index in [0.717, 1.165) is 5.57 Å². The summed E-state index contributed by atoms with van der Waals surface area (Å²) in [5.74, 6) is 0. The Morgan fingerprint density at radius 1 is 1.36 bits per heavy atom. The van der Waals surface area contributed by atoms with E-state index in [9.17, 15) is 0 Å². The molecular formula is C8H15NO2. The third-order valence-electron chi connectivity index (χ3n) is 1.46. The number of ether oxygens (including phenoxy) is 2. The molecule has 0 bridgehead atoms. The van der Waals surface area contributed by atoms with E-state index in [1.807, 2.05) is 32.1 Å². The standard InChI is InChI=1S/C8H15NO2/c1-7(6-9(2)3)8-10-4-5-11-8/h6,8H,4-5H2,1-3H3/b7-6+. The molecule has 1 fully saturated rings. The molecule has 0 aliphatic carbocycles. The summed E-state index contributed by atoms with van der Waals surface area (Å²) in [4.78, 5) is 1.99. The Morgan fingerprint density at radius 2 is 1.91 bits per heavy atom. The number of nitrogens with zero attached hydrogens (tertiary/aromatic N) is 1. The highest BCUT2D eigenvalue weighted by molar-refractivity contribution is 5.01. The number of rotatable bonds is 2. The Bertz CT molecular complexity index is 148. The first-order valence-electron chi connectivity index (χ1n) is 3.78. The van der Waals surface area contributed by atoms with Crippen molar-refractivity contribution in [3.63, 3.8) is 0 Å². The van der Waals surface area contributed by atoms with Crippen LogP contribution >= 0.6 is 0 Å². The zero-order valence-corrected chi connectivity index (χ0v) is 7.33. The molecule has 0 atom stereocenters. The molecule has 0 saturated carbocycles. The van der Waals surface area contributed by atoms with Gasteiger partial charge in [-0.05, 0) is 12.5 Å². The van der Waals surface area contributed by atoms with Crippen molar-refractivity contribution in [3.8, 4) is 0 Å². The Balaban J connectivity index is 2.45. The summed E-state index contributed by atoms with van der Waals surface area (Å²) in [6.45, 7) is 3.43. The molecular weight excluding hydrogens is 142 g/mol. The molecule has 11 heavy (non-hydrogen) atoms. The number of hydrogen-bond donors (Lipinski definition) is 0. The summed E-state index contributed by atoms with van der Waals surface area (Å²) in [7, 11) is 3.97. The molecule has 1 saturated heterocycles. The Morgan fingerprint density at radius 3 is 2.36 bits per heavy atom. The van der Waals surface area contributed by atoms with Crippen molar-refractivity contribution in [3.05, 3.63) is 11.8 Å². The largest absolute Gasteiger partial charge is 0.383 e. The molecule has 0 radical (unpaired) electrons. The summed E-state index contributed by atoms with van der Waals surface area (Å²) in [6, 6.07) is 0. The summed E-state index contributed by atoms with van der Waals surface area (Å²) >= 11 is 0. The van der Waals surface area contributed by atoms with Gasteiger partial charge in [0.05, 0.1) is 13.2 Å². The van der Waals surface area contributed by atoms with E-state index in [4.69, 9.17) is 9.47 Å². The molecule has 3 heteroatoms. The predicted octanol–water partition coefficient (Wildman–Crippen LogP) is 0.825. The van der Waals surface area contributed by atoms with Crippen LogP contribution in [0.2, 0.25) is 0 Å². The van der Waals surface area contributed by atoms with Crippen LogP contribution in [-0.2, 0) is 9.47 Å². The zero-order valence-electron chi connectivity index (χ0n) is 7.33. The first kappa shape index (κ1) is 8.56. The molecule has 3 nitrogen and oxygen atoms in total. The van der Waals surface area contributed by atoms with E-state index in [1.165, 1.54) is 0 Å². The van der Waals surface area contributed by atoms with Gasteiger partial charge in [-0.25, -0.2) is 0 Å². The van der Waals surface area contributed by atoms with Gasteiger partial charge in [0.25, 0.3) is 0 Å². The second-order valence-electron chi connectivity index (χ2n) is 2.91. The number of hydrogen-bond acceptors (Lipinski definition) is 3. The average molecular weight is 157 g/mol. The van der Waals surface area contributed by atoms with E-state index in [2.05, 4.69) is 0 Å². The molecule has 0 unspecified atom stereocenters. The SMILES string of the molecule is C/C(=C\N(C)C)C1OCCO1. The minimum atomic E-state index is -0.114. The van der Waals surface area contributed by atoms with Crippen LogP contribution in [0.3, 0.4) is 0 Å². The van der Waals surface area contributed by atoms with Crippen LogP contribution < -0.4 is 0 Å². The van der Waals surface area contributed by atoms with Crippen LogP contribution in [0.5, 0.6) is 0 Å². The summed E-state index contributed by atoms with van der Waals surface area (Å²) in [6.07, 6.45) is 1.90. The molecule has 0 aromatic heterocycles. The highest BCUT2D eigenvalue weighted by atomic mass is 16.7. The van der Waals surface area contributed by atoms with Gasteiger partial charge in [-0.3, -0.25) is 0 Å². The van der Waals surface area contributed by atoms with Crippen molar-refractivity contribution in [1.82, 2.24) is 4.90 Å². The van der Waals surface area contributed by atoms with E-state index in [0.29, 0.717) is 13.2 Å². The van der Waals surface area contributed by atoms with Gasteiger partial charge in [0.1, 0.15) is 0 Å². The van der Waals surface area contributed by atoms with E-state index >= 15 is 0 Å². The quantitative estimate of drug-likeness (QED) is 0.592. The van der Waals surface area contributed by atoms with Crippen LogP contribution in [0.15, 0.2) is 11.8 Å². The molecule has 0 aromatic carbocycles. The van der Waals surface area contributed by atoms with E-state index < -0.39 is 0 Å². The van der Waals surface area contributed by atoms with Gasteiger partial charge in [-0.15, -0.1) is 0 Å². The highest BCUT2D eigenvalue weighted by Crippen LogP contribution is 2.12. The summed E-state index contributed by atoms with van der Waals surface area (Å²) in [5.41, 5.74) is 1.12. The van der Waals surface area contributed by atoms with Crippen LogP contribution in [-0.4, -0.2) is 38.5 Å². The van der Waals surface area contributed by atoms with Crippen LogP contribution in [0.4, 0.5) is 0 Å². The molecule has 1 heterocycles. The minimum absolute atomic E-state index is 0.114. The van der Waals surface area contributed by atoms with E-state index in [-0.39, 0.29) is 6.29 Å². The monoisotopic (exact) mass is 157 g/mol. The summed E-state index contributed by atoms with van der Waals surface area (Å²) in [5, 5.41) is 0. The third-order valence-corrected chi connectivity index (χ3v) is 1.46. The smallest absolute Gasteiger partial charge is 0.181 e. The molecule has 1 rings (SSSR count). The van der Waals surface area contributed by atoms with Gasteiger partial charge in [0.15, 0.2) is 6.29 Å². The maximum absolute atomic E-state index is 5.30. The lowest BCUT2D eigenvalue weighted by molar-refractivity contribution is -0.0119. The highest BCUT2D eigenvalue weighted by Gasteiger charge is 2.17. The Kier molecular flexibility index (Phi) is 2.91. The van der Waals surface area contributed by atoms with E-state index in [1.54, 1.807) is 0 Å². The first-order chi connectivity index (χ1) is 5.20. The summed E-state index contributed by atoms with van der Waals surface area (Å²) < 4.78 is 10.6. The van der Waals surface area contributed by atoms with Crippen LogP contribution in [0.1, 0.15) is 6.92 Å². The Labute approximate surface area is 67.6 Å². The van der Waals surface area contributed by atoms with Crippen molar-refractivity contribution in [2.75, 3.05) is 27.3 Å². The predicted molar refractivity (Wildman–Crippen MR) is 43.1 cm³/mol. The molecule has 0 N–H and O–H groups in total.